The van der Waals surface area contributed by atoms with E-state index in [0.29, 0.717) is 18.7 Å². The van der Waals surface area contributed by atoms with E-state index in [0.717, 1.165) is 16.8 Å². The molecule has 1 aromatic carbocycles. The number of nitrogens with two attached hydrogens (primary N) is 1. The monoisotopic (exact) mass is 262 g/mol. The van der Waals surface area contributed by atoms with Crippen molar-refractivity contribution in [2.24, 2.45) is 0 Å². The van der Waals surface area contributed by atoms with E-state index in [-0.39, 0.29) is 6.61 Å². The first-order valence-electron chi connectivity index (χ1n) is 6.15. The summed E-state index contributed by atoms with van der Waals surface area (Å²) in [4.78, 5) is 0. The van der Waals surface area contributed by atoms with Crippen LogP contribution in [-0.4, -0.2) is 29.5 Å². The number of hydrogen-bond donors (Lipinski definition) is 4. The maximum absolute atomic E-state index is 9.31. The maximum Gasteiger partial charge on any atom is 0.0981 e. The molecule has 1 heterocycles. The fourth-order valence-corrected chi connectivity index (χ4v) is 1.84. The molecule has 0 saturated heterocycles. The number of aliphatic hydroxyl groups excluding tert-OH is 2. The van der Waals surface area contributed by atoms with Gasteiger partial charge >= 0.3 is 0 Å². The summed E-state index contributed by atoms with van der Waals surface area (Å²) < 4.78 is 5.08. The van der Waals surface area contributed by atoms with Crippen LogP contribution in [0.4, 0.5) is 11.4 Å². The van der Waals surface area contributed by atoms with E-state index in [9.17, 15) is 5.11 Å². The Hall–Kier alpha value is -1.98. The zero-order valence-corrected chi connectivity index (χ0v) is 10.5. The second-order valence-corrected chi connectivity index (χ2v) is 4.37. The number of benzene rings is 1. The molecule has 0 saturated carbocycles. The van der Waals surface area contributed by atoms with Gasteiger partial charge in [0.05, 0.1) is 25.2 Å². The quantitative estimate of drug-likeness (QED) is 0.595. The van der Waals surface area contributed by atoms with Crippen LogP contribution < -0.4 is 11.1 Å². The van der Waals surface area contributed by atoms with Gasteiger partial charge in [0.15, 0.2) is 0 Å². The van der Waals surface area contributed by atoms with E-state index in [1.54, 1.807) is 12.5 Å². The molecule has 2 rings (SSSR count). The lowest BCUT2D eigenvalue weighted by atomic mass is 10.1. The Morgan fingerprint density at radius 2 is 2.16 bits per heavy atom. The summed E-state index contributed by atoms with van der Waals surface area (Å²) in [6.45, 7) is 0.342. The minimum Gasteiger partial charge on any atom is -0.472 e. The normalized spacial score (nSPS) is 12.3. The molecule has 5 N–H and O–H groups in total. The largest absolute Gasteiger partial charge is 0.472 e. The van der Waals surface area contributed by atoms with Gasteiger partial charge in [-0.15, -0.1) is 0 Å². The first-order chi connectivity index (χ1) is 9.20. The van der Waals surface area contributed by atoms with Gasteiger partial charge in [0.2, 0.25) is 0 Å². The second-order valence-electron chi connectivity index (χ2n) is 4.37. The van der Waals surface area contributed by atoms with Gasteiger partial charge in [0, 0.05) is 29.0 Å². The van der Waals surface area contributed by atoms with E-state index in [2.05, 4.69) is 5.32 Å². The van der Waals surface area contributed by atoms with Crippen LogP contribution in [0.3, 0.4) is 0 Å². The molecule has 0 aliphatic rings. The predicted octanol–water partition coefficient (Wildman–Crippen LogP) is 1.68. The standard InChI is InChI=1S/C14H18N2O3/c15-11-1-2-14(16-5-3-12(18)8-17)13(7-11)10-4-6-19-9-10/h1-2,4,6-7,9,12,16-18H,3,5,8,15H2. The van der Waals surface area contributed by atoms with Crippen LogP contribution in [0.15, 0.2) is 41.2 Å². The molecule has 102 valence electrons. The van der Waals surface area contributed by atoms with Crippen LogP contribution in [0.5, 0.6) is 0 Å². The molecule has 0 bridgehead atoms. The van der Waals surface area contributed by atoms with E-state index < -0.39 is 6.10 Å². The van der Waals surface area contributed by atoms with Crippen molar-refractivity contribution in [1.82, 2.24) is 0 Å². The highest BCUT2D eigenvalue weighted by Crippen LogP contribution is 2.30. The lowest BCUT2D eigenvalue weighted by Gasteiger charge is -2.13. The molecule has 0 radical (unpaired) electrons. The summed E-state index contributed by atoms with van der Waals surface area (Å²) in [5, 5.41) is 21.3. The van der Waals surface area contributed by atoms with Crippen molar-refractivity contribution in [1.29, 1.82) is 0 Å². The number of anilines is 2. The van der Waals surface area contributed by atoms with Crippen molar-refractivity contribution >= 4 is 11.4 Å². The number of aliphatic hydroxyl groups is 2. The Morgan fingerprint density at radius 3 is 2.84 bits per heavy atom. The highest BCUT2D eigenvalue weighted by Gasteiger charge is 2.08. The SMILES string of the molecule is Nc1ccc(NCCC(O)CO)c(-c2ccoc2)c1. The summed E-state index contributed by atoms with van der Waals surface area (Å²) in [5.74, 6) is 0. The number of nitrogen functional groups attached to an aromatic ring is 1. The molecular weight excluding hydrogens is 244 g/mol. The number of furan rings is 1. The first-order valence-corrected chi connectivity index (χ1v) is 6.15. The third-order valence-electron chi connectivity index (χ3n) is 2.88. The van der Waals surface area contributed by atoms with Crippen LogP contribution in [0.1, 0.15) is 6.42 Å². The summed E-state index contributed by atoms with van der Waals surface area (Å²) >= 11 is 0. The maximum atomic E-state index is 9.31. The zero-order chi connectivity index (χ0) is 13.7. The number of rotatable bonds is 6. The van der Waals surface area contributed by atoms with Gasteiger partial charge in [0.1, 0.15) is 0 Å². The van der Waals surface area contributed by atoms with Gasteiger partial charge in [0.25, 0.3) is 0 Å². The molecule has 0 aliphatic carbocycles. The molecule has 0 aliphatic heterocycles. The number of nitrogens with one attached hydrogen (secondary N) is 1. The van der Waals surface area contributed by atoms with Crippen LogP contribution in [-0.2, 0) is 0 Å². The van der Waals surface area contributed by atoms with Crippen LogP contribution in [0.2, 0.25) is 0 Å². The van der Waals surface area contributed by atoms with Crippen molar-refractivity contribution in [3.05, 3.63) is 36.8 Å². The lowest BCUT2D eigenvalue weighted by Crippen LogP contribution is -2.17. The molecule has 1 aromatic heterocycles. The van der Waals surface area contributed by atoms with Crippen LogP contribution in [0.25, 0.3) is 11.1 Å². The highest BCUT2D eigenvalue weighted by atomic mass is 16.3. The average molecular weight is 262 g/mol. The average Bonchev–Trinajstić information content (AvgIpc) is 2.94. The van der Waals surface area contributed by atoms with E-state index in [1.807, 2.05) is 24.3 Å². The summed E-state index contributed by atoms with van der Waals surface area (Å²) in [5.41, 5.74) is 9.29. The van der Waals surface area contributed by atoms with Gasteiger partial charge in [-0.3, -0.25) is 0 Å². The molecule has 2 aromatic rings. The highest BCUT2D eigenvalue weighted by molar-refractivity contribution is 5.80. The third kappa shape index (κ3) is 3.49. The minimum atomic E-state index is -0.696. The van der Waals surface area contributed by atoms with Gasteiger partial charge in [-0.2, -0.15) is 0 Å². The van der Waals surface area contributed by atoms with Gasteiger partial charge in [-0.25, -0.2) is 0 Å². The molecule has 1 atom stereocenters. The molecule has 5 heteroatoms. The van der Waals surface area contributed by atoms with E-state index in [4.69, 9.17) is 15.3 Å². The van der Waals surface area contributed by atoms with Gasteiger partial charge < -0.3 is 25.7 Å². The molecule has 0 spiro atoms. The minimum absolute atomic E-state index is 0.224. The molecule has 0 fully saturated rings. The smallest absolute Gasteiger partial charge is 0.0981 e. The van der Waals surface area contributed by atoms with Crippen molar-refractivity contribution < 1.29 is 14.6 Å². The van der Waals surface area contributed by atoms with E-state index in [1.165, 1.54) is 0 Å². The summed E-state index contributed by atoms with van der Waals surface area (Å²) in [6, 6.07) is 7.44. The topological polar surface area (TPSA) is 91.7 Å². The third-order valence-corrected chi connectivity index (χ3v) is 2.88. The molecule has 19 heavy (non-hydrogen) atoms. The van der Waals surface area contributed by atoms with Crippen molar-refractivity contribution in [3.8, 4) is 11.1 Å². The Labute approximate surface area is 111 Å². The second kappa shape index (κ2) is 6.26. The molecular formula is C14H18N2O3. The van der Waals surface area contributed by atoms with Crippen molar-refractivity contribution in [2.75, 3.05) is 24.2 Å². The molecule has 1 unspecified atom stereocenters. The lowest BCUT2D eigenvalue weighted by molar-refractivity contribution is 0.0911. The van der Waals surface area contributed by atoms with Gasteiger partial charge in [-0.05, 0) is 30.7 Å². The first kappa shape index (κ1) is 13.5. The zero-order valence-electron chi connectivity index (χ0n) is 10.5. The molecule has 0 amide bonds. The summed E-state index contributed by atoms with van der Waals surface area (Å²) in [7, 11) is 0. The summed E-state index contributed by atoms with van der Waals surface area (Å²) in [6.07, 6.45) is 3.05. The van der Waals surface area contributed by atoms with Crippen LogP contribution >= 0.6 is 0 Å². The van der Waals surface area contributed by atoms with Gasteiger partial charge in [-0.1, -0.05) is 0 Å². The Balaban J connectivity index is 2.12. The Bertz CT molecular complexity index is 511. The fourth-order valence-electron chi connectivity index (χ4n) is 1.84. The Kier molecular flexibility index (Phi) is 4.43. The van der Waals surface area contributed by atoms with Crippen LogP contribution in [0, 0.1) is 0 Å². The van der Waals surface area contributed by atoms with Crippen molar-refractivity contribution in [2.45, 2.75) is 12.5 Å². The molecule has 5 nitrogen and oxygen atoms in total. The predicted molar refractivity (Wildman–Crippen MR) is 74.8 cm³/mol. The number of hydrogen-bond acceptors (Lipinski definition) is 5. The van der Waals surface area contributed by atoms with E-state index >= 15 is 0 Å². The Morgan fingerprint density at radius 1 is 1.32 bits per heavy atom. The van der Waals surface area contributed by atoms with Crippen molar-refractivity contribution in [3.63, 3.8) is 0 Å². The fraction of sp³-hybridized carbons (Fsp3) is 0.286.